The first-order valence-electron chi connectivity index (χ1n) is 4.97. The number of anilines is 1. The molecule has 2 aromatic rings. The molecule has 76 valence electrons. The van der Waals surface area contributed by atoms with Crippen molar-refractivity contribution < 1.29 is 4.79 Å². The summed E-state index contributed by atoms with van der Waals surface area (Å²) in [5, 5.41) is 3.92. The maximum Gasteiger partial charge on any atom is 0.321 e. The van der Waals surface area contributed by atoms with Gasteiger partial charge in [0.15, 0.2) is 0 Å². The summed E-state index contributed by atoms with van der Waals surface area (Å²) in [6, 6.07) is 7.98. The third kappa shape index (κ3) is 1.26. The number of amides is 2. The van der Waals surface area contributed by atoms with E-state index >= 15 is 0 Å². The Morgan fingerprint density at radius 2 is 2.20 bits per heavy atom. The molecule has 0 atom stereocenters. The molecule has 0 bridgehead atoms. The number of nitrogens with zero attached hydrogens (tertiary/aromatic N) is 1. The molecule has 4 nitrogen and oxygen atoms in total. The van der Waals surface area contributed by atoms with Crippen LogP contribution >= 0.6 is 0 Å². The van der Waals surface area contributed by atoms with Crippen LogP contribution in [0.2, 0.25) is 0 Å². The molecular weight excluding hydrogens is 190 g/mol. The van der Waals surface area contributed by atoms with Crippen LogP contribution in [0.15, 0.2) is 30.5 Å². The van der Waals surface area contributed by atoms with E-state index in [0.29, 0.717) is 0 Å². The van der Waals surface area contributed by atoms with Gasteiger partial charge in [0.1, 0.15) is 0 Å². The highest BCUT2D eigenvalue weighted by Gasteiger charge is 2.20. The quantitative estimate of drug-likeness (QED) is 0.724. The summed E-state index contributed by atoms with van der Waals surface area (Å²) >= 11 is 0. The number of rotatable bonds is 1. The topological polar surface area (TPSA) is 48.1 Å². The number of benzene rings is 1. The highest BCUT2D eigenvalue weighted by Crippen LogP contribution is 2.22. The Bertz CT molecular complexity index is 517. The Labute approximate surface area is 86.9 Å². The average molecular weight is 201 g/mol. The summed E-state index contributed by atoms with van der Waals surface area (Å²) < 4.78 is 0. The third-order valence-corrected chi connectivity index (χ3v) is 2.71. The van der Waals surface area contributed by atoms with Gasteiger partial charge < -0.3 is 10.3 Å². The van der Waals surface area contributed by atoms with Gasteiger partial charge in [0, 0.05) is 35.9 Å². The molecule has 0 spiro atoms. The first-order valence-corrected chi connectivity index (χ1v) is 4.97. The lowest BCUT2D eigenvalue weighted by Crippen LogP contribution is -2.27. The Balaban J connectivity index is 2.06. The van der Waals surface area contributed by atoms with Crippen molar-refractivity contribution in [1.29, 1.82) is 0 Å². The molecule has 15 heavy (non-hydrogen) atoms. The van der Waals surface area contributed by atoms with Gasteiger partial charge in [0.2, 0.25) is 0 Å². The average Bonchev–Trinajstić information content (AvgIpc) is 2.84. The van der Waals surface area contributed by atoms with Gasteiger partial charge in [-0.05, 0) is 24.3 Å². The van der Waals surface area contributed by atoms with Crippen LogP contribution in [0.3, 0.4) is 0 Å². The number of urea groups is 1. The molecule has 1 fully saturated rings. The van der Waals surface area contributed by atoms with E-state index in [-0.39, 0.29) is 6.03 Å². The van der Waals surface area contributed by atoms with Crippen LogP contribution < -0.4 is 10.2 Å². The predicted octanol–water partition coefficient (Wildman–Crippen LogP) is 1.70. The van der Waals surface area contributed by atoms with Crippen molar-refractivity contribution >= 4 is 22.6 Å². The molecule has 1 aromatic carbocycles. The van der Waals surface area contributed by atoms with Crippen LogP contribution in [0.25, 0.3) is 10.9 Å². The van der Waals surface area contributed by atoms with Crippen molar-refractivity contribution in [3.8, 4) is 0 Å². The minimum atomic E-state index is -0.00937. The van der Waals surface area contributed by atoms with Crippen molar-refractivity contribution in [2.75, 3.05) is 18.0 Å². The van der Waals surface area contributed by atoms with E-state index in [9.17, 15) is 4.79 Å². The Morgan fingerprint density at radius 3 is 3.00 bits per heavy atom. The third-order valence-electron chi connectivity index (χ3n) is 2.71. The molecule has 1 aromatic heterocycles. The molecule has 1 aliphatic rings. The van der Waals surface area contributed by atoms with Crippen molar-refractivity contribution in [2.45, 2.75) is 0 Å². The fourth-order valence-electron chi connectivity index (χ4n) is 1.93. The van der Waals surface area contributed by atoms with Crippen LogP contribution in [0.5, 0.6) is 0 Å². The van der Waals surface area contributed by atoms with Gasteiger partial charge in [0.25, 0.3) is 0 Å². The van der Waals surface area contributed by atoms with Gasteiger partial charge in [0.05, 0.1) is 0 Å². The lowest BCUT2D eigenvalue weighted by molar-refractivity contribution is 0.252. The van der Waals surface area contributed by atoms with E-state index in [4.69, 9.17) is 0 Å². The molecule has 2 heterocycles. The fraction of sp³-hybridized carbons (Fsp3) is 0.182. The zero-order valence-electron chi connectivity index (χ0n) is 8.16. The Morgan fingerprint density at radius 1 is 1.27 bits per heavy atom. The molecule has 3 rings (SSSR count). The number of aromatic amines is 1. The molecule has 1 saturated heterocycles. The van der Waals surface area contributed by atoms with E-state index in [1.807, 2.05) is 30.5 Å². The van der Waals surface area contributed by atoms with Crippen LogP contribution in [-0.2, 0) is 0 Å². The number of nitrogens with one attached hydrogen (secondary N) is 2. The van der Waals surface area contributed by atoms with Crippen molar-refractivity contribution in [1.82, 2.24) is 10.3 Å². The van der Waals surface area contributed by atoms with Crippen LogP contribution in [0.1, 0.15) is 0 Å². The number of H-pyrrole nitrogens is 1. The van der Waals surface area contributed by atoms with Crippen molar-refractivity contribution in [3.63, 3.8) is 0 Å². The lowest BCUT2D eigenvalue weighted by atomic mass is 10.2. The van der Waals surface area contributed by atoms with Gasteiger partial charge in [-0.25, -0.2) is 4.79 Å². The minimum Gasteiger partial charge on any atom is -0.361 e. The van der Waals surface area contributed by atoms with E-state index in [1.165, 1.54) is 0 Å². The van der Waals surface area contributed by atoms with Crippen LogP contribution in [0, 0.1) is 0 Å². The number of aromatic nitrogens is 1. The van der Waals surface area contributed by atoms with Gasteiger partial charge in [-0.3, -0.25) is 4.90 Å². The standard InChI is InChI=1S/C11H11N3O/c15-11-13-5-6-14(11)9-1-2-10-8(7-9)3-4-12-10/h1-4,7,12H,5-6H2,(H,13,15). The zero-order chi connectivity index (χ0) is 10.3. The highest BCUT2D eigenvalue weighted by atomic mass is 16.2. The summed E-state index contributed by atoms with van der Waals surface area (Å²) in [6.45, 7) is 1.47. The summed E-state index contributed by atoms with van der Waals surface area (Å²) in [4.78, 5) is 16.3. The molecule has 2 N–H and O–H groups in total. The summed E-state index contributed by atoms with van der Waals surface area (Å²) in [6.07, 6.45) is 1.90. The number of hydrogen-bond donors (Lipinski definition) is 2. The minimum absolute atomic E-state index is 0.00937. The molecular formula is C11H11N3O. The van der Waals surface area contributed by atoms with E-state index in [0.717, 1.165) is 29.7 Å². The molecule has 0 aliphatic carbocycles. The molecule has 4 heteroatoms. The predicted molar refractivity (Wildman–Crippen MR) is 59.0 cm³/mol. The largest absolute Gasteiger partial charge is 0.361 e. The van der Waals surface area contributed by atoms with Gasteiger partial charge in [-0.2, -0.15) is 0 Å². The van der Waals surface area contributed by atoms with Gasteiger partial charge in [-0.15, -0.1) is 0 Å². The van der Waals surface area contributed by atoms with Crippen LogP contribution in [0.4, 0.5) is 10.5 Å². The SMILES string of the molecule is O=C1NCCN1c1ccc2[nH]ccc2c1. The number of carbonyl (C=O) groups is 1. The van der Waals surface area contributed by atoms with Gasteiger partial charge in [-0.1, -0.05) is 0 Å². The zero-order valence-corrected chi connectivity index (χ0v) is 8.16. The molecule has 2 amide bonds. The molecule has 0 saturated carbocycles. The first-order chi connectivity index (χ1) is 7.34. The second-order valence-electron chi connectivity index (χ2n) is 3.63. The Kier molecular flexibility index (Phi) is 1.68. The normalized spacial score (nSPS) is 16.0. The smallest absolute Gasteiger partial charge is 0.321 e. The second kappa shape index (κ2) is 3.02. The van der Waals surface area contributed by atoms with E-state index in [2.05, 4.69) is 10.3 Å². The first kappa shape index (κ1) is 8.35. The number of carbonyl (C=O) groups excluding carboxylic acids is 1. The van der Waals surface area contributed by atoms with Crippen molar-refractivity contribution in [3.05, 3.63) is 30.5 Å². The van der Waals surface area contributed by atoms with Crippen LogP contribution in [-0.4, -0.2) is 24.1 Å². The second-order valence-corrected chi connectivity index (χ2v) is 3.63. The summed E-state index contributed by atoms with van der Waals surface area (Å²) in [5.74, 6) is 0. The molecule has 1 aliphatic heterocycles. The number of hydrogen-bond acceptors (Lipinski definition) is 1. The maximum atomic E-state index is 11.5. The van der Waals surface area contributed by atoms with E-state index in [1.54, 1.807) is 4.90 Å². The lowest BCUT2D eigenvalue weighted by Gasteiger charge is -2.13. The Hall–Kier alpha value is -1.97. The monoisotopic (exact) mass is 201 g/mol. The van der Waals surface area contributed by atoms with Crippen molar-refractivity contribution in [2.24, 2.45) is 0 Å². The summed E-state index contributed by atoms with van der Waals surface area (Å²) in [7, 11) is 0. The van der Waals surface area contributed by atoms with Gasteiger partial charge >= 0.3 is 6.03 Å². The van der Waals surface area contributed by atoms with E-state index < -0.39 is 0 Å². The maximum absolute atomic E-state index is 11.5. The molecule has 0 unspecified atom stereocenters. The molecule has 0 radical (unpaired) electrons. The fourth-order valence-corrected chi connectivity index (χ4v) is 1.93. The highest BCUT2D eigenvalue weighted by molar-refractivity contribution is 5.96. The number of fused-ring (bicyclic) bond motifs is 1. The summed E-state index contributed by atoms with van der Waals surface area (Å²) in [5.41, 5.74) is 2.05.